The van der Waals surface area contributed by atoms with Gasteiger partial charge in [-0.25, -0.2) is 14.8 Å². The molecule has 4 nitrogen and oxygen atoms in total. The molecular formula is C16H13BrN2O2S. The summed E-state index contributed by atoms with van der Waals surface area (Å²) < 4.78 is 7.27. The van der Waals surface area contributed by atoms with Crippen molar-refractivity contribution >= 4 is 43.3 Å². The maximum Gasteiger partial charge on any atom is 0.359 e. The molecule has 0 unspecified atom stereocenters. The van der Waals surface area contributed by atoms with E-state index in [0.29, 0.717) is 12.3 Å². The fourth-order valence-electron chi connectivity index (χ4n) is 2.17. The van der Waals surface area contributed by atoms with Crippen LogP contribution in [0, 0.1) is 6.92 Å². The largest absolute Gasteiger partial charge is 0.461 e. The van der Waals surface area contributed by atoms with Crippen LogP contribution in [0.3, 0.4) is 0 Å². The van der Waals surface area contributed by atoms with Crippen molar-refractivity contribution in [2.75, 3.05) is 6.61 Å². The number of hydrogen-bond acceptors (Lipinski definition) is 5. The van der Waals surface area contributed by atoms with Crippen LogP contribution in [0.15, 0.2) is 34.2 Å². The zero-order chi connectivity index (χ0) is 15.7. The smallest absolute Gasteiger partial charge is 0.359 e. The first-order valence-corrected chi connectivity index (χ1v) is 8.39. The third-order valence-electron chi connectivity index (χ3n) is 3.13. The molecule has 0 radical (unpaired) electrons. The minimum atomic E-state index is -0.447. The highest BCUT2D eigenvalue weighted by molar-refractivity contribution is 9.11. The van der Waals surface area contributed by atoms with Gasteiger partial charge in [0.05, 0.1) is 16.1 Å². The average molecular weight is 377 g/mol. The Morgan fingerprint density at radius 1 is 1.36 bits per heavy atom. The number of aromatic nitrogens is 2. The molecule has 0 aliphatic heterocycles. The quantitative estimate of drug-likeness (QED) is 0.626. The van der Waals surface area contributed by atoms with Gasteiger partial charge in [-0.3, -0.25) is 0 Å². The van der Waals surface area contributed by atoms with Crippen LogP contribution in [0.25, 0.3) is 21.3 Å². The highest BCUT2D eigenvalue weighted by atomic mass is 79.9. The van der Waals surface area contributed by atoms with Crippen molar-refractivity contribution < 1.29 is 9.53 Å². The van der Waals surface area contributed by atoms with Crippen LogP contribution in [-0.4, -0.2) is 22.5 Å². The predicted octanol–water partition coefficient (Wildman–Crippen LogP) is 4.61. The van der Waals surface area contributed by atoms with E-state index in [4.69, 9.17) is 4.74 Å². The summed E-state index contributed by atoms with van der Waals surface area (Å²) in [5.41, 5.74) is 2.43. The molecule has 6 heteroatoms. The molecule has 0 N–H and O–H groups in total. The van der Waals surface area contributed by atoms with Crippen LogP contribution in [0.2, 0.25) is 0 Å². The summed E-state index contributed by atoms with van der Waals surface area (Å²) in [6, 6.07) is 8.06. The number of fused-ring (bicyclic) bond motifs is 1. The monoisotopic (exact) mass is 376 g/mol. The number of hydrogen-bond donors (Lipinski definition) is 0. The molecule has 0 amide bonds. The van der Waals surface area contributed by atoms with E-state index in [0.717, 1.165) is 25.1 Å². The molecule has 0 saturated heterocycles. The van der Waals surface area contributed by atoms with Gasteiger partial charge in [-0.15, -0.1) is 11.3 Å². The molecule has 3 aromatic rings. The van der Waals surface area contributed by atoms with Crippen LogP contribution in [0.4, 0.5) is 0 Å². The van der Waals surface area contributed by atoms with Gasteiger partial charge in [0.1, 0.15) is 5.69 Å². The molecule has 3 rings (SSSR count). The Morgan fingerprint density at radius 3 is 2.95 bits per heavy atom. The maximum atomic E-state index is 12.1. The second kappa shape index (κ2) is 6.14. The van der Waals surface area contributed by atoms with Crippen molar-refractivity contribution in [2.45, 2.75) is 13.8 Å². The van der Waals surface area contributed by atoms with Crippen molar-refractivity contribution in [1.82, 2.24) is 9.97 Å². The predicted molar refractivity (Wildman–Crippen MR) is 91.2 cm³/mol. The lowest BCUT2D eigenvalue weighted by Gasteiger charge is -2.08. The third kappa shape index (κ3) is 2.89. The summed E-state index contributed by atoms with van der Waals surface area (Å²) in [4.78, 5) is 20.8. The second-order valence-electron chi connectivity index (χ2n) is 4.73. The molecule has 0 saturated carbocycles. The van der Waals surface area contributed by atoms with Gasteiger partial charge in [0.2, 0.25) is 0 Å². The average Bonchev–Trinajstić information content (AvgIpc) is 2.86. The van der Waals surface area contributed by atoms with Gasteiger partial charge >= 0.3 is 5.97 Å². The Labute approximate surface area is 140 Å². The summed E-state index contributed by atoms with van der Waals surface area (Å²) in [7, 11) is 0. The summed E-state index contributed by atoms with van der Waals surface area (Å²) in [6.45, 7) is 3.94. The Balaban J connectivity index is 2.15. The first-order chi connectivity index (χ1) is 10.6. The molecule has 2 heterocycles. The SMILES string of the molecule is CCOC(=O)c1ncc(C)nc1-c1ccc2cc(Br)sc2c1. The summed E-state index contributed by atoms with van der Waals surface area (Å²) >= 11 is 5.13. The number of benzene rings is 1. The molecule has 0 aliphatic rings. The van der Waals surface area contributed by atoms with Gasteiger partial charge in [0.15, 0.2) is 5.69 Å². The minimum absolute atomic E-state index is 0.252. The number of halogens is 1. The zero-order valence-electron chi connectivity index (χ0n) is 12.1. The fraction of sp³-hybridized carbons (Fsp3) is 0.188. The van der Waals surface area contributed by atoms with Crippen LogP contribution in [-0.2, 0) is 4.74 Å². The topological polar surface area (TPSA) is 52.1 Å². The normalized spacial score (nSPS) is 10.9. The van der Waals surface area contributed by atoms with Crippen LogP contribution < -0.4 is 0 Å². The molecule has 2 aromatic heterocycles. The van der Waals surface area contributed by atoms with E-state index in [9.17, 15) is 4.79 Å². The number of aryl methyl sites for hydroxylation is 1. The number of carbonyl (C=O) groups excluding carboxylic acids is 1. The number of ether oxygens (including phenoxy) is 1. The van der Waals surface area contributed by atoms with Gasteiger partial charge < -0.3 is 4.74 Å². The summed E-state index contributed by atoms with van der Waals surface area (Å²) in [5, 5.41) is 1.15. The lowest BCUT2D eigenvalue weighted by Crippen LogP contribution is -2.10. The van der Waals surface area contributed by atoms with E-state index in [-0.39, 0.29) is 5.69 Å². The fourth-order valence-corrected chi connectivity index (χ4v) is 3.77. The van der Waals surface area contributed by atoms with Crippen molar-refractivity contribution in [3.63, 3.8) is 0 Å². The molecule has 112 valence electrons. The van der Waals surface area contributed by atoms with Crippen LogP contribution >= 0.6 is 27.3 Å². The lowest BCUT2D eigenvalue weighted by molar-refractivity contribution is 0.0520. The zero-order valence-corrected chi connectivity index (χ0v) is 14.5. The van der Waals surface area contributed by atoms with E-state index < -0.39 is 5.97 Å². The molecule has 1 aromatic carbocycles. The van der Waals surface area contributed by atoms with Gasteiger partial charge in [-0.1, -0.05) is 12.1 Å². The van der Waals surface area contributed by atoms with Crippen molar-refractivity contribution in [1.29, 1.82) is 0 Å². The van der Waals surface area contributed by atoms with E-state index in [1.54, 1.807) is 24.5 Å². The van der Waals surface area contributed by atoms with Gasteiger partial charge in [0, 0.05) is 16.5 Å². The molecule has 0 aliphatic carbocycles. The Kier molecular flexibility index (Phi) is 4.22. The van der Waals surface area contributed by atoms with Crippen LogP contribution in [0.5, 0.6) is 0 Å². The van der Waals surface area contributed by atoms with Gasteiger partial charge in [-0.05, 0) is 47.3 Å². The second-order valence-corrected chi connectivity index (χ2v) is 7.20. The first kappa shape index (κ1) is 15.1. The highest BCUT2D eigenvalue weighted by Crippen LogP contribution is 2.33. The number of carbonyl (C=O) groups is 1. The standard InChI is InChI=1S/C16H13BrN2O2S/c1-3-21-16(20)15-14(19-9(2)8-18-15)11-5-4-10-7-13(17)22-12(10)6-11/h4-8H,3H2,1-2H3. The molecule has 0 spiro atoms. The maximum absolute atomic E-state index is 12.1. The Bertz CT molecular complexity index is 860. The Hall–Kier alpha value is -1.79. The number of nitrogens with zero attached hydrogens (tertiary/aromatic N) is 2. The lowest BCUT2D eigenvalue weighted by atomic mass is 10.1. The summed E-state index contributed by atoms with van der Waals surface area (Å²) in [6.07, 6.45) is 1.58. The molecule has 0 atom stereocenters. The van der Waals surface area contributed by atoms with Gasteiger partial charge in [-0.2, -0.15) is 0 Å². The molecular weight excluding hydrogens is 364 g/mol. The van der Waals surface area contributed by atoms with E-state index in [1.807, 2.05) is 25.1 Å². The molecule has 22 heavy (non-hydrogen) atoms. The van der Waals surface area contributed by atoms with Crippen molar-refractivity contribution in [3.05, 3.63) is 45.6 Å². The van der Waals surface area contributed by atoms with Crippen molar-refractivity contribution in [2.24, 2.45) is 0 Å². The number of rotatable bonds is 3. The van der Waals surface area contributed by atoms with Crippen LogP contribution in [0.1, 0.15) is 23.1 Å². The van der Waals surface area contributed by atoms with E-state index in [1.165, 1.54) is 0 Å². The highest BCUT2D eigenvalue weighted by Gasteiger charge is 2.18. The van der Waals surface area contributed by atoms with E-state index in [2.05, 4.69) is 32.0 Å². The first-order valence-electron chi connectivity index (χ1n) is 6.78. The van der Waals surface area contributed by atoms with Gasteiger partial charge in [0.25, 0.3) is 0 Å². The molecule has 0 bridgehead atoms. The van der Waals surface area contributed by atoms with Crippen molar-refractivity contribution in [3.8, 4) is 11.3 Å². The summed E-state index contributed by atoms with van der Waals surface area (Å²) in [5.74, 6) is -0.447. The Morgan fingerprint density at radius 2 is 2.18 bits per heavy atom. The minimum Gasteiger partial charge on any atom is -0.461 e. The third-order valence-corrected chi connectivity index (χ3v) is 4.73. The van der Waals surface area contributed by atoms with E-state index >= 15 is 0 Å². The molecule has 0 fully saturated rings. The number of esters is 1. The number of thiophene rings is 1.